The normalized spacial score (nSPS) is 15.0. The van der Waals surface area contributed by atoms with Crippen LogP contribution in [-0.2, 0) is 16.1 Å². The van der Waals surface area contributed by atoms with Crippen molar-refractivity contribution >= 4 is 29.0 Å². The minimum atomic E-state index is -1.49. The van der Waals surface area contributed by atoms with Crippen molar-refractivity contribution in [3.05, 3.63) is 35.7 Å². The molecule has 1 fully saturated rings. The zero-order valence-electron chi connectivity index (χ0n) is 16.7. The summed E-state index contributed by atoms with van der Waals surface area (Å²) in [5, 5.41) is 29.1. The van der Waals surface area contributed by atoms with Crippen molar-refractivity contribution in [3.63, 3.8) is 0 Å². The van der Waals surface area contributed by atoms with Crippen LogP contribution in [-0.4, -0.2) is 87.2 Å². The van der Waals surface area contributed by atoms with Crippen LogP contribution in [0.5, 0.6) is 0 Å². The average molecular weight is 456 g/mol. The highest BCUT2D eigenvalue weighted by Gasteiger charge is 2.28. The third-order valence-electron chi connectivity index (χ3n) is 4.77. The summed E-state index contributed by atoms with van der Waals surface area (Å²) < 4.78 is 35.6. The fourth-order valence-electron chi connectivity index (χ4n) is 3.17. The number of rotatable bonds is 6. The van der Waals surface area contributed by atoms with Gasteiger partial charge in [0.2, 0.25) is 0 Å². The summed E-state index contributed by atoms with van der Waals surface area (Å²) in [6.45, 7) is 0.246. The molecule has 0 unspecified atom stereocenters. The van der Waals surface area contributed by atoms with Gasteiger partial charge in [0.25, 0.3) is 11.1 Å². The van der Waals surface area contributed by atoms with Crippen molar-refractivity contribution < 1.29 is 28.5 Å². The molecule has 1 amide bonds. The first-order chi connectivity index (χ1) is 14.8. The van der Waals surface area contributed by atoms with E-state index in [0.717, 1.165) is 12.1 Å². The molecule has 1 aromatic carbocycles. The van der Waals surface area contributed by atoms with Gasteiger partial charge in [0.05, 0.1) is 32.1 Å². The molecule has 1 aliphatic rings. The molecule has 10 nitrogen and oxygen atoms in total. The number of aromatic nitrogens is 3. The molecule has 1 aromatic heterocycles. The Morgan fingerprint density at radius 2 is 1.94 bits per heavy atom. The lowest BCUT2D eigenvalue weighted by molar-refractivity contribution is -0.142. The van der Waals surface area contributed by atoms with Crippen molar-refractivity contribution in [3.8, 4) is 5.69 Å². The van der Waals surface area contributed by atoms with Crippen molar-refractivity contribution in [2.45, 2.75) is 12.6 Å². The lowest BCUT2D eigenvalue weighted by Gasteiger charge is -2.37. The van der Waals surface area contributed by atoms with E-state index in [9.17, 15) is 18.7 Å². The van der Waals surface area contributed by atoms with E-state index in [4.69, 9.17) is 22.1 Å². The fourth-order valence-corrected chi connectivity index (χ4v) is 3.24. The molecule has 3 rings (SSSR count). The lowest BCUT2D eigenvalue weighted by atomic mass is 10.2. The highest BCUT2D eigenvalue weighted by atomic mass is 32.1. The van der Waals surface area contributed by atoms with E-state index in [1.54, 1.807) is 0 Å². The molecule has 2 heterocycles. The van der Waals surface area contributed by atoms with E-state index in [1.807, 2.05) is 0 Å². The van der Waals surface area contributed by atoms with Gasteiger partial charge < -0.3 is 30.1 Å². The van der Waals surface area contributed by atoms with Crippen LogP contribution in [0.4, 0.5) is 14.5 Å². The molecule has 1 saturated heterocycles. The maximum Gasteiger partial charge on any atom is 0.256 e. The molecule has 1 aliphatic heterocycles. The quantitative estimate of drug-likeness (QED) is 0.498. The first kappa shape index (κ1) is 22.8. The van der Waals surface area contributed by atoms with Crippen molar-refractivity contribution in [1.82, 2.24) is 25.2 Å². The van der Waals surface area contributed by atoms with Crippen LogP contribution in [0.1, 0.15) is 5.69 Å². The second kappa shape index (κ2) is 9.94. The number of ether oxygens (including phenoxy) is 1. The number of carbonyl (C=O) groups excluding carboxylic acids is 1. The standard InChI is InChI=1S/C18H22F2N6O4S/c1-30-18(31)21-8-11-9-26(23-22-11)12-6-13(19)16(14(20)7-12)24-2-4-25(5-3-24)17(29)15(28)10-27/h6-7,9,15,27-28H,2-5,8,10H2,1H3,(H,21,31)/t15-/m0/s1. The van der Waals surface area contributed by atoms with Crippen molar-refractivity contribution in [2.75, 3.05) is 44.8 Å². The molecule has 168 valence electrons. The topological polar surface area (TPSA) is 116 Å². The van der Waals surface area contributed by atoms with E-state index in [2.05, 4.69) is 15.6 Å². The molecule has 0 spiro atoms. The summed E-state index contributed by atoms with van der Waals surface area (Å²) in [7, 11) is 1.43. The van der Waals surface area contributed by atoms with Gasteiger partial charge >= 0.3 is 0 Å². The zero-order chi connectivity index (χ0) is 22.5. The van der Waals surface area contributed by atoms with E-state index < -0.39 is 30.3 Å². The van der Waals surface area contributed by atoms with E-state index in [-0.39, 0.29) is 49.3 Å². The van der Waals surface area contributed by atoms with Crippen LogP contribution in [0.2, 0.25) is 0 Å². The molecule has 1 atom stereocenters. The molecule has 0 aliphatic carbocycles. The third kappa shape index (κ3) is 5.24. The van der Waals surface area contributed by atoms with Gasteiger partial charge in [-0.1, -0.05) is 5.21 Å². The number of hydrogen-bond acceptors (Lipinski definition) is 8. The molecular weight excluding hydrogens is 434 g/mol. The van der Waals surface area contributed by atoms with Gasteiger partial charge in [0.15, 0.2) is 17.7 Å². The summed E-state index contributed by atoms with van der Waals surface area (Å²) in [5.41, 5.74) is 0.452. The fraction of sp³-hybridized carbons (Fsp3) is 0.444. The predicted octanol–water partition coefficient (Wildman–Crippen LogP) is -0.432. The maximum atomic E-state index is 14.8. The van der Waals surface area contributed by atoms with Gasteiger partial charge in [-0.25, -0.2) is 13.5 Å². The number of piperazine rings is 1. The number of thiocarbonyl (C=S) groups is 1. The minimum absolute atomic E-state index is 0.159. The van der Waals surface area contributed by atoms with Crippen molar-refractivity contribution in [2.24, 2.45) is 0 Å². The Morgan fingerprint density at radius 1 is 1.29 bits per heavy atom. The molecule has 0 bridgehead atoms. The molecule has 3 N–H and O–H groups in total. The highest BCUT2D eigenvalue weighted by molar-refractivity contribution is 7.80. The largest absolute Gasteiger partial charge is 0.474 e. The number of benzene rings is 1. The first-order valence-electron chi connectivity index (χ1n) is 9.39. The Balaban J connectivity index is 1.70. The van der Waals surface area contributed by atoms with E-state index >= 15 is 0 Å². The summed E-state index contributed by atoms with van der Waals surface area (Å²) in [6.07, 6.45) is 0.0166. The summed E-state index contributed by atoms with van der Waals surface area (Å²) >= 11 is 4.87. The first-order valence-corrected chi connectivity index (χ1v) is 9.80. The SMILES string of the molecule is COC(=S)NCc1cn(-c2cc(F)c(N3CCN(C(=O)[C@@H](O)CO)CC3)c(F)c2)nn1. The second-order valence-electron chi connectivity index (χ2n) is 6.77. The Morgan fingerprint density at radius 3 is 2.52 bits per heavy atom. The molecule has 31 heavy (non-hydrogen) atoms. The Kier molecular flexibility index (Phi) is 7.30. The van der Waals surface area contributed by atoms with Crippen LogP contribution in [0.25, 0.3) is 5.69 Å². The molecule has 0 saturated carbocycles. The number of nitrogens with one attached hydrogen (secondary N) is 1. The van der Waals surface area contributed by atoms with Gasteiger partial charge in [0.1, 0.15) is 11.4 Å². The molecule has 2 aromatic rings. The number of aliphatic hydroxyl groups excluding tert-OH is 2. The van der Waals surface area contributed by atoms with Gasteiger partial charge in [-0.15, -0.1) is 5.10 Å². The number of methoxy groups -OCH3 is 1. The van der Waals surface area contributed by atoms with Crippen molar-refractivity contribution in [1.29, 1.82) is 0 Å². The summed E-state index contributed by atoms with van der Waals surface area (Å²) in [4.78, 5) is 14.8. The van der Waals surface area contributed by atoms with Crippen LogP contribution in [0.15, 0.2) is 18.3 Å². The average Bonchev–Trinajstić information content (AvgIpc) is 3.25. The summed E-state index contributed by atoms with van der Waals surface area (Å²) in [5.74, 6) is -2.16. The van der Waals surface area contributed by atoms with Gasteiger partial charge in [0, 0.05) is 38.3 Å². The highest BCUT2D eigenvalue weighted by Crippen LogP contribution is 2.27. The zero-order valence-corrected chi connectivity index (χ0v) is 17.5. The van der Waals surface area contributed by atoms with Gasteiger partial charge in [-0.05, 0) is 12.2 Å². The van der Waals surface area contributed by atoms with E-state index in [1.165, 1.54) is 27.8 Å². The Bertz CT molecular complexity index is 928. The third-order valence-corrected chi connectivity index (χ3v) is 5.08. The van der Waals surface area contributed by atoms with Gasteiger partial charge in [-0.3, -0.25) is 4.79 Å². The number of carbonyl (C=O) groups is 1. The summed E-state index contributed by atoms with van der Waals surface area (Å²) in [6, 6.07) is 2.30. The number of anilines is 1. The Labute approximate surface area is 182 Å². The maximum absolute atomic E-state index is 14.8. The predicted molar refractivity (Wildman–Crippen MR) is 110 cm³/mol. The van der Waals surface area contributed by atoms with Crippen LogP contribution < -0.4 is 10.2 Å². The number of aliphatic hydroxyl groups is 2. The van der Waals surface area contributed by atoms with Crippen LogP contribution >= 0.6 is 12.2 Å². The van der Waals surface area contributed by atoms with Crippen LogP contribution in [0, 0.1) is 11.6 Å². The lowest BCUT2D eigenvalue weighted by Crippen LogP contribution is -2.52. The second-order valence-corrected chi connectivity index (χ2v) is 7.14. The smallest absolute Gasteiger partial charge is 0.256 e. The molecule has 0 radical (unpaired) electrons. The molecular formula is C18H22F2N6O4S. The molecule has 13 heteroatoms. The number of halogens is 2. The monoisotopic (exact) mass is 456 g/mol. The van der Waals surface area contributed by atoms with Crippen LogP contribution in [0.3, 0.4) is 0 Å². The van der Waals surface area contributed by atoms with E-state index in [0.29, 0.717) is 5.69 Å². The number of amides is 1. The number of hydrogen-bond donors (Lipinski definition) is 3. The Hall–Kier alpha value is -2.90. The van der Waals surface area contributed by atoms with Gasteiger partial charge in [-0.2, -0.15) is 0 Å². The number of nitrogens with zero attached hydrogens (tertiary/aromatic N) is 5. The minimum Gasteiger partial charge on any atom is -0.474 e.